The molecule has 2 aromatic carbocycles. The van der Waals surface area contributed by atoms with Crippen molar-refractivity contribution in [1.82, 2.24) is 0 Å². The van der Waals surface area contributed by atoms with Gasteiger partial charge in [0.1, 0.15) is 11.2 Å². The first-order valence-corrected chi connectivity index (χ1v) is 15.2. The molecule has 2 saturated carbocycles. The summed E-state index contributed by atoms with van der Waals surface area (Å²) in [6.45, 7) is 0.364. The summed E-state index contributed by atoms with van der Waals surface area (Å²) in [4.78, 5) is 51.9. The Morgan fingerprint density at radius 2 is 0.976 bits per heavy atom. The van der Waals surface area contributed by atoms with Crippen LogP contribution in [0, 0.1) is 11.8 Å². The fraction of sp³-hybridized carbons (Fsp3) is 0.529. The predicted octanol–water partition coefficient (Wildman–Crippen LogP) is 5.24. The van der Waals surface area contributed by atoms with Gasteiger partial charge in [-0.25, -0.2) is 0 Å². The van der Waals surface area contributed by atoms with Crippen LogP contribution in [0.4, 0.5) is 0 Å². The summed E-state index contributed by atoms with van der Waals surface area (Å²) in [5.41, 5.74) is -2.74. The summed E-state index contributed by atoms with van der Waals surface area (Å²) in [5.74, 6) is -3.72. The topological polar surface area (TPSA) is 127 Å². The van der Waals surface area contributed by atoms with Crippen LogP contribution in [0.5, 0.6) is 0 Å². The molecule has 0 radical (unpaired) electrons. The monoisotopic (exact) mass is 578 g/mol. The van der Waals surface area contributed by atoms with Crippen molar-refractivity contribution in [3.63, 3.8) is 0 Å². The van der Waals surface area contributed by atoms with E-state index in [0.717, 1.165) is 25.7 Å². The van der Waals surface area contributed by atoms with Gasteiger partial charge in [-0.05, 0) is 51.4 Å². The summed E-state index contributed by atoms with van der Waals surface area (Å²) in [5, 5.41) is 22.5. The van der Waals surface area contributed by atoms with Gasteiger partial charge < -0.3 is 19.7 Å². The zero-order chi connectivity index (χ0) is 30.0. The first-order valence-electron chi connectivity index (χ1n) is 15.2. The molecular weight excluding hydrogens is 536 g/mol. The number of carbonyl (C=O) groups excluding carboxylic acids is 4. The van der Waals surface area contributed by atoms with Crippen molar-refractivity contribution in [2.45, 2.75) is 88.3 Å². The number of hydrogen-bond acceptors (Lipinski definition) is 8. The lowest BCUT2D eigenvalue weighted by atomic mass is 9.71. The predicted molar refractivity (Wildman–Crippen MR) is 156 cm³/mol. The number of rotatable bonds is 13. The number of esters is 2. The van der Waals surface area contributed by atoms with Crippen LogP contribution in [0.15, 0.2) is 60.7 Å². The van der Waals surface area contributed by atoms with Gasteiger partial charge >= 0.3 is 11.9 Å². The largest absolute Gasteiger partial charge is 0.465 e. The van der Waals surface area contributed by atoms with E-state index < -0.39 is 46.5 Å². The Morgan fingerprint density at radius 1 is 0.595 bits per heavy atom. The molecular formula is C34H42O8. The molecule has 8 heteroatoms. The maximum absolute atomic E-state index is 13.1. The molecule has 4 atom stereocenters. The smallest absolute Gasteiger partial charge is 0.312 e. The van der Waals surface area contributed by atoms with Gasteiger partial charge in [0, 0.05) is 11.1 Å². The van der Waals surface area contributed by atoms with E-state index in [0.29, 0.717) is 49.7 Å². The third-order valence-corrected chi connectivity index (χ3v) is 8.71. The summed E-state index contributed by atoms with van der Waals surface area (Å²) in [6, 6.07) is 17.1. The van der Waals surface area contributed by atoms with Crippen LogP contribution in [-0.2, 0) is 19.1 Å². The normalized spacial score (nSPS) is 25.8. The van der Waals surface area contributed by atoms with Crippen molar-refractivity contribution in [3.8, 4) is 0 Å². The number of ketones is 2. The lowest BCUT2D eigenvalue weighted by Gasteiger charge is -2.37. The van der Waals surface area contributed by atoms with Crippen LogP contribution < -0.4 is 0 Å². The molecule has 42 heavy (non-hydrogen) atoms. The molecule has 2 N–H and O–H groups in total. The fourth-order valence-corrected chi connectivity index (χ4v) is 6.26. The summed E-state index contributed by atoms with van der Waals surface area (Å²) in [6.07, 6.45) is 6.82. The van der Waals surface area contributed by atoms with Crippen LogP contribution in [0.2, 0.25) is 0 Å². The number of carbonyl (C=O) groups is 4. The molecule has 2 unspecified atom stereocenters. The van der Waals surface area contributed by atoms with Crippen LogP contribution in [0.1, 0.15) is 97.8 Å². The van der Waals surface area contributed by atoms with Crippen LogP contribution in [0.3, 0.4) is 0 Å². The maximum atomic E-state index is 13.1. The zero-order valence-corrected chi connectivity index (χ0v) is 24.2. The van der Waals surface area contributed by atoms with Crippen molar-refractivity contribution in [2.24, 2.45) is 11.8 Å². The van der Waals surface area contributed by atoms with E-state index in [4.69, 9.17) is 9.47 Å². The standard InChI is InChI=1S/C34H42O8/c35-29(25-15-5-3-6-16-25)33(39)21-11-9-19-27(33)31(37)41-23-13-1-2-14-24-42-32(38)28-20-10-12-22-34(28,40)30(36)26-17-7-4-8-18-26/h3-8,15-18,27-28,39-40H,1-2,9-14,19-24H2/t27-,28?,33-,34?/m1/s1. The minimum atomic E-state index is -1.75. The molecule has 2 aliphatic rings. The molecule has 0 aromatic heterocycles. The highest BCUT2D eigenvalue weighted by Gasteiger charge is 2.51. The Morgan fingerprint density at radius 3 is 1.36 bits per heavy atom. The molecule has 4 rings (SSSR count). The van der Waals surface area contributed by atoms with Gasteiger partial charge in [-0.1, -0.05) is 86.3 Å². The molecule has 0 spiro atoms. The van der Waals surface area contributed by atoms with Crippen LogP contribution in [-0.4, -0.2) is 58.1 Å². The lowest BCUT2D eigenvalue weighted by molar-refractivity contribution is -0.160. The fourth-order valence-electron chi connectivity index (χ4n) is 6.26. The average molecular weight is 579 g/mol. The number of benzene rings is 2. The molecule has 226 valence electrons. The molecule has 0 saturated heterocycles. The quantitative estimate of drug-likeness (QED) is 0.188. The Hall–Kier alpha value is -3.36. The van der Waals surface area contributed by atoms with Crippen LogP contribution >= 0.6 is 0 Å². The Labute approximate surface area is 247 Å². The third-order valence-electron chi connectivity index (χ3n) is 8.71. The van der Waals surface area contributed by atoms with Crippen molar-refractivity contribution in [2.75, 3.05) is 13.2 Å². The number of unbranched alkanes of at least 4 members (excludes halogenated alkanes) is 3. The van der Waals surface area contributed by atoms with Gasteiger partial charge in [0.2, 0.25) is 0 Å². The number of ether oxygens (including phenoxy) is 2. The maximum Gasteiger partial charge on any atom is 0.312 e. The van der Waals surface area contributed by atoms with Crippen molar-refractivity contribution in [3.05, 3.63) is 71.8 Å². The highest BCUT2D eigenvalue weighted by Crippen LogP contribution is 2.38. The molecule has 0 bridgehead atoms. The number of aliphatic hydroxyl groups is 2. The summed E-state index contributed by atoms with van der Waals surface area (Å²) >= 11 is 0. The summed E-state index contributed by atoms with van der Waals surface area (Å²) < 4.78 is 10.9. The van der Waals surface area contributed by atoms with Gasteiger partial charge in [-0.15, -0.1) is 0 Å². The van der Waals surface area contributed by atoms with Gasteiger partial charge in [-0.3, -0.25) is 19.2 Å². The van der Waals surface area contributed by atoms with Crippen LogP contribution in [0.25, 0.3) is 0 Å². The van der Waals surface area contributed by atoms with Crippen molar-refractivity contribution < 1.29 is 38.9 Å². The zero-order valence-electron chi connectivity index (χ0n) is 24.2. The van der Waals surface area contributed by atoms with E-state index in [2.05, 4.69) is 0 Å². The Kier molecular flexibility index (Phi) is 11.0. The molecule has 2 aromatic rings. The molecule has 0 amide bonds. The second-order valence-corrected chi connectivity index (χ2v) is 11.6. The SMILES string of the molecule is O=C(OCCCCCCOC(=O)[C@H]1CCCC[C@]1(O)C(=O)c1ccccc1)C1CCCCC1(O)C(=O)c1ccccc1. The molecule has 8 nitrogen and oxygen atoms in total. The van der Waals surface area contributed by atoms with E-state index >= 15 is 0 Å². The Bertz CT molecular complexity index is 1120. The minimum Gasteiger partial charge on any atom is -0.465 e. The second-order valence-electron chi connectivity index (χ2n) is 11.6. The van der Waals surface area contributed by atoms with Gasteiger partial charge in [0.15, 0.2) is 11.6 Å². The molecule has 0 aliphatic heterocycles. The van der Waals surface area contributed by atoms with E-state index in [1.54, 1.807) is 60.7 Å². The number of hydrogen-bond donors (Lipinski definition) is 2. The first kappa shape index (κ1) is 31.6. The van der Waals surface area contributed by atoms with Gasteiger partial charge in [0.25, 0.3) is 0 Å². The van der Waals surface area contributed by atoms with Gasteiger partial charge in [-0.2, -0.15) is 0 Å². The molecule has 2 fully saturated rings. The highest BCUT2D eigenvalue weighted by atomic mass is 16.5. The summed E-state index contributed by atoms with van der Waals surface area (Å²) in [7, 11) is 0. The van der Waals surface area contributed by atoms with E-state index in [-0.39, 0.29) is 26.1 Å². The lowest BCUT2D eigenvalue weighted by Crippen LogP contribution is -2.51. The van der Waals surface area contributed by atoms with Crippen molar-refractivity contribution >= 4 is 23.5 Å². The molecule has 0 heterocycles. The van der Waals surface area contributed by atoms with E-state index in [1.165, 1.54) is 0 Å². The Balaban J connectivity index is 1.17. The van der Waals surface area contributed by atoms with E-state index in [9.17, 15) is 29.4 Å². The third kappa shape index (κ3) is 7.34. The first-order chi connectivity index (χ1) is 20.3. The number of Topliss-reactive ketones (excluding diaryl/α,β-unsaturated/α-hetero) is 2. The van der Waals surface area contributed by atoms with Crippen molar-refractivity contribution in [1.29, 1.82) is 0 Å². The van der Waals surface area contributed by atoms with Gasteiger partial charge in [0.05, 0.1) is 25.0 Å². The average Bonchev–Trinajstić information content (AvgIpc) is 3.02. The second kappa shape index (κ2) is 14.7. The van der Waals surface area contributed by atoms with E-state index in [1.807, 2.05) is 0 Å². The minimum absolute atomic E-state index is 0.182. The molecule has 2 aliphatic carbocycles. The highest BCUT2D eigenvalue weighted by molar-refractivity contribution is 6.05.